The molecule has 250 valence electrons. The first-order chi connectivity index (χ1) is 23.4. The molecule has 3 amide bonds. The van der Waals surface area contributed by atoms with E-state index in [4.69, 9.17) is 22.1 Å². The molecule has 12 nitrogen and oxygen atoms in total. The number of carbonyl (C=O) groups excluding carboxylic acids is 4. The predicted molar refractivity (Wildman–Crippen MR) is 184 cm³/mol. The maximum Gasteiger partial charge on any atom is 0.419 e. The molecule has 49 heavy (non-hydrogen) atoms. The summed E-state index contributed by atoms with van der Waals surface area (Å²) in [7, 11) is 0. The number of piperazine rings is 1. The lowest BCUT2D eigenvalue weighted by Gasteiger charge is -2.42. The number of carbonyl (C=O) groups is 4. The lowest BCUT2D eigenvalue weighted by atomic mass is 10.1. The van der Waals surface area contributed by atoms with Crippen molar-refractivity contribution in [1.29, 1.82) is 0 Å². The molecule has 1 unspecified atom stereocenters. The largest absolute Gasteiger partial charge is 0.443 e. The van der Waals surface area contributed by atoms with Gasteiger partial charge in [-0.05, 0) is 74.9 Å². The van der Waals surface area contributed by atoms with Crippen LogP contribution in [0, 0.1) is 0 Å². The van der Waals surface area contributed by atoms with Gasteiger partial charge in [0.15, 0.2) is 0 Å². The van der Waals surface area contributed by atoms with Crippen LogP contribution in [-0.2, 0) is 22.6 Å². The quantitative estimate of drug-likeness (QED) is 0.242. The number of rotatable bonds is 6. The molecule has 13 heteroatoms. The molecule has 5 aromatic rings. The Kier molecular flexibility index (Phi) is 8.08. The molecule has 0 spiro atoms. The fourth-order valence-corrected chi connectivity index (χ4v) is 6.77. The first kappa shape index (κ1) is 32.2. The molecule has 1 saturated heterocycles. The minimum Gasteiger partial charge on any atom is -0.443 e. The number of halogens is 1. The second kappa shape index (κ2) is 12.3. The molecule has 2 N–H and O–H groups in total. The fourth-order valence-electron chi connectivity index (χ4n) is 6.59. The van der Waals surface area contributed by atoms with Gasteiger partial charge in [0.1, 0.15) is 17.7 Å². The van der Waals surface area contributed by atoms with E-state index in [1.807, 2.05) is 29.2 Å². The summed E-state index contributed by atoms with van der Waals surface area (Å²) in [5, 5.41) is 1.97. The number of ether oxygens (including phenoxy) is 1. The van der Waals surface area contributed by atoms with Crippen LogP contribution >= 0.6 is 11.6 Å². The van der Waals surface area contributed by atoms with E-state index in [1.165, 1.54) is 15.8 Å². The topological polar surface area (TPSA) is 144 Å². The number of fused-ring (bicyclic) bond motifs is 3. The molecule has 0 radical (unpaired) electrons. The maximum absolute atomic E-state index is 14.0. The van der Waals surface area contributed by atoms with E-state index in [2.05, 4.69) is 9.97 Å². The van der Waals surface area contributed by atoms with Gasteiger partial charge >= 0.3 is 6.09 Å². The summed E-state index contributed by atoms with van der Waals surface area (Å²) in [6.45, 7) is 6.18. The van der Waals surface area contributed by atoms with E-state index < -0.39 is 29.6 Å². The van der Waals surface area contributed by atoms with Crippen LogP contribution < -0.4 is 5.73 Å². The van der Waals surface area contributed by atoms with Crippen LogP contribution in [0.3, 0.4) is 0 Å². The van der Waals surface area contributed by atoms with Gasteiger partial charge in [-0.15, -0.1) is 0 Å². The molecule has 2 aliphatic heterocycles. The minimum atomic E-state index is -0.739. The van der Waals surface area contributed by atoms with Gasteiger partial charge in [0.05, 0.1) is 41.3 Å². The second-order valence-electron chi connectivity index (χ2n) is 13.4. The molecule has 0 saturated carbocycles. The van der Waals surface area contributed by atoms with Crippen LogP contribution in [0.15, 0.2) is 73.1 Å². The normalized spacial score (nSPS) is 17.0. The average Bonchev–Trinajstić information content (AvgIpc) is 3.51. The number of nitrogen functional groups attached to an aromatic ring is 1. The minimum absolute atomic E-state index is 0.0120. The Bertz CT molecular complexity index is 2140. The predicted octanol–water partition coefficient (Wildman–Crippen LogP) is 5.11. The number of hydrogen-bond donors (Lipinski definition) is 1. The summed E-state index contributed by atoms with van der Waals surface area (Å²) in [6.07, 6.45) is 0.842. The van der Waals surface area contributed by atoms with E-state index in [-0.39, 0.29) is 32.1 Å². The number of aromatic nitrogens is 3. The van der Waals surface area contributed by atoms with Crippen LogP contribution in [0.4, 0.5) is 10.6 Å². The molecule has 1 atom stereocenters. The molecule has 4 heterocycles. The lowest BCUT2D eigenvalue weighted by molar-refractivity contribution is -0.141. The van der Waals surface area contributed by atoms with Gasteiger partial charge in [-0.1, -0.05) is 29.8 Å². The molecular weight excluding hydrogens is 646 g/mol. The molecule has 1 fully saturated rings. The number of imide groups is 1. The highest BCUT2D eigenvalue weighted by molar-refractivity contribution is 6.31. The fraction of sp³-hybridized carbons (Fsp3) is 0.278. The van der Waals surface area contributed by atoms with Crippen molar-refractivity contribution in [3.8, 4) is 0 Å². The number of amides is 3. The molecule has 2 aliphatic rings. The third-order valence-corrected chi connectivity index (χ3v) is 8.98. The van der Waals surface area contributed by atoms with Crippen LogP contribution in [0.25, 0.3) is 21.8 Å². The third kappa shape index (κ3) is 6.20. The van der Waals surface area contributed by atoms with Gasteiger partial charge in [-0.3, -0.25) is 24.2 Å². The Balaban J connectivity index is 1.21. The summed E-state index contributed by atoms with van der Waals surface area (Å²) in [5.41, 5.74) is 8.65. The van der Waals surface area contributed by atoms with Crippen molar-refractivity contribution in [2.24, 2.45) is 0 Å². The van der Waals surface area contributed by atoms with Crippen LogP contribution in [0.5, 0.6) is 0 Å². The highest BCUT2D eigenvalue weighted by atomic mass is 35.5. The lowest BCUT2D eigenvalue weighted by Crippen LogP contribution is -2.59. The van der Waals surface area contributed by atoms with Crippen molar-refractivity contribution in [2.45, 2.75) is 45.5 Å². The zero-order valence-corrected chi connectivity index (χ0v) is 28.0. The Morgan fingerprint density at radius 2 is 1.69 bits per heavy atom. The Labute approximate surface area is 287 Å². The smallest absolute Gasteiger partial charge is 0.419 e. The molecule has 7 rings (SSSR count). The number of hydrogen-bond acceptors (Lipinski definition) is 9. The van der Waals surface area contributed by atoms with Crippen molar-refractivity contribution in [3.63, 3.8) is 0 Å². The Morgan fingerprint density at radius 1 is 0.959 bits per heavy atom. The van der Waals surface area contributed by atoms with Gasteiger partial charge in [0, 0.05) is 41.1 Å². The molecular formula is C36H34ClN7O5. The number of benzene rings is 3. The third-order valence-electron chi connectivity index (χ3n) is 8.75. The van der Waals surface area contributed by atoms with Gasteiger partial charge in [-0.2, -0.15) is 0 Å². The average molecular weight is 680 g/mol. The van der Waals surface area contributed by atoms with Crippen LogP contribution in [0.2, 0.25) is 5.02 Å². The van der Waals surface area contributed by atoms with Gasteiger partial charge in [-0.25, -0.2) is 19.3 Å². The molecule has 2 aromatic heterocycles. The highest BCUT2D eigenvalue weighted by Crippen LogP contribution is 2.29. The van der Waals surface area contributed by atoms with Crippen molar-refractivity contribution in [3.05, 3.63) is 100 Å². The van der Waals surface area contributed by atoms with E-state index in [0.29, 0.717) is 50.6 Å². The van der Waals surface area contributed by atoms with Crippen molar-refractivity contribution < 1.29 is 23.9 Å². The number of nitrogens with zero attached hydrogens (tertiary/aromatic N) is 6. The SMILES string of the molecule is CC(C)(C)OC(=O)n1c(CN2CC(=O)N(Cc3ccc4c(N)ncnc4c3)C(CN3C(=O)c4ccccc4C3=O)C2)cc2cc(Cl)ccc21. The number of anilines is 1. The first-order valence-electron chi connectivity index (χ1n) is 15.9. The second-order valence-corrected chi connectivity index (χ2v) is 13.8. The molecule has 0 bridgehead atoms. The summed E-state index contributed by atoms with van der Waals surface area (Å²) in [4.78, 5) is 67.6. The van der Waals surface area contributed by atoms with E-state index in [1.54, 1.807) is 68.1 Å². The van der Waals surface area contributed by atoms with E-state index in [0.717, 1.165) is 10.9 Å². The van der Waals surface area contributed by atoms with Gasteiger partial charge < -0.3 is 15.4 Å². The molecule has 0 aliphatic carbocycles. The van der Waals surface area contributed by atoms with E-state index >= 15 is 0 Å². The summed E-state index contributed by atoms with van der Waals surface area (Å²) in [6, 6.07) is 18.8. The number of nitrogens with two attached hydrogens (primary N) is 1. The van der Waals surface area contributed by atoms with Crippen molar-refractivity contribution in [2.75, 3.05) is 25.4 Å². The zero-order chi connectivity index (χ0) is 34.6. The maximum atomic E-state index is 14.0. The summed E-state index contributed by atoms with van der Waals surface area (Å²) >= 11 is 6.30. The molecule has 3 aromatic carbocycles. The van der Waals surface area contributed by atoms with Crippen LogP contribution in [-0.4, -0.2) is 84.3 Å². The van der Waals surface area contributed by atoms with Crippen molar-refractivity contribution in [1.82, 2.24) is 29.2 Å². The van der Waals surface area contributed by atoms with Gasteiger partial charge in [0.2, 0.25) is 5.91 Å². The summed E-state index contributed by atoms with van der Waals surface area (Å²) < 4.78 is 7.27. The van der Waals surface area contributed by atoms with Crippen LogP contribution in [0.1, 0.15) is 52.7 Å². The monoisotopic (exact) mass is 679 g/mol. The Morgan fingerprint density at radius 3 is 2.41 bits per heavy atom. The van der Waals surface area contributed by atoms with Gasteiger partial charge in [0.25, 0.3) is 11.8 Å². The standard InChI is InChI=1S/C36H34ClN7O5/c1-36(2,3)49-35(48)44-24(14-22-13-23(37)9-11-30(22)44)16-41-17-25(18-43-33(46)26-6-4-5-7-27(26)34(43)47)42(31(45)19-41)15-21-8-10-28-29(12-21)39-20-40-32(28)38/h4-14,20,25H,15-19H2,1-3H3,(H2,38,39,40). The van der Waals surface area contributed by atoms with E-state index in [9.17, 15) is 19.2 Å². The highest BCUT2D eigenvalue weighted by Gasteiger charge is 2.41. The first-order valence-corrected chi connectivity index (χ1v) is 16.2. The van der Waals surface area contributed by atoms with Crippen molar-refractivity contribution >= 4 is 63.0 Å². The zero-order valence-electron chi connectivity index (χ0n) is 27.2. The summed E-state index contributed by atoms with van der Waals surface area (Å²) in [5.74, 6) is -0.635. The Hall–Kier alpha value is -5.33.